The van der Waals surface area contributed by atoms with E-state index < -0.39 is 0 Å². The van der Waals surface area contributed by atoms with E-state index in [1.54, 1.807) is 25.1 Å². The average molecular weight is 391 g/mol. The molecule has 0 aliphatic rings. The molecule has 2 N–H and O–H groups in total. The third kappa shape index (κ3) is 6.07. The van der Waals surface area contributed by atoms with Gasteiger partial charge in [0.25, 0.3) is 0 Å². The summed E-state index contributed by atoms with van der Waals surface area (Å²) in [6, 6.07) is 13.1. The molecule has 0 fully saturated rings. The van der Waals surface area contributed by atoms with Crippen molar-refractivity contribution in [2.75, 3.05) is 16.4 Å². The number of rotatable bonds is 7. The molecule has 6 heteroatoms. The summed E-state index contributed by atoms with van der Waals surface area (Å²) in [5, 5.41) is 6.02. The van der Waals surface area contributed by atoms with Gasteiger partial charge in [-0.2, -0.15) is 0 Å². The van der Waals surface area contributed by atoms with Crippen molar-refractivity contribution in [2.24, 2.45) is 0 Å². The SMILES string of the molecule is CCc1ccc(NC(=O)C(C)SCC(=O)Nc2ccc(Cl)cc2C)cc1. The summed E-state index contributed by atoms with van der Waals surface area (Å²) >= 11 is 7.21. The first-order valence-electron chi connectivity index (χ1n) is 8.46. The van der Waals surface area contributed by atoms with Gasteiger partial charge in [-0.25, -0.2) is 0 Å². The maximum absolute atomic E-state index is 12.3. The summed E-state index contributed by atoms with van der Waals surface area (Å²) in [5.41, 5.74) is 3.62. The van der Waals surface area contributed by atoms with Crippen LogP contribution in [0.4, 0.5) is 11.4 Å². The Morgan fingerprint density at radius 1 is 1.12 bits per heavy atom. The molecule has 0 heterocycles. The Morgan fingerprint density at radius 3 is 2.42 bits per heavy atom. The van der Waals surface area contributed by atoms with Crippen LogP contribution in [0.5, 0.6) is 0 Å². The molecule has 2 aromatic rings. The Hall–Kier alpha value is -1.98. The van der Waals surface area contributed by atoms with Crippen LogP contribution >= 0.6 is 23.4 Å². The monoisotopic (exact) mass is 390 g/mol. The highest BCUT2D eigenvalue weighted by Gasteiger charge is 2.16. The smallest absolute Gasteiger partial charge is 0.237 e. The van der Waals surface area contributed by atoms with E-state index in [0.717, 1.165) is 23.4 Å². The Kier molecular flexibility index (Phi) is 7.54. The van der Waals surface area contributed by atoms with Gasteiger partial charge in [-0.1, -0.05) is 30.7 Å². The topological polar surface area (TPSA) is 58.2 Å². The molecule has 0 saturated heterocycles. The largest absolute Gasteiger partial charge is 0.325 e. The highest BCUT2D eigenvalue weighted by Crippen LogP contribution is 2.20. The Bertz CT molecular complexity index is 778. The van der Waals surface area contributed by atoms with Crippen molar-refractivity contribution >= 4 is 46.6 Å². The first-order valence-corrected chi connectivity index (χ1v) is 9.89. The molecule has 2 aromatic carbocycles. The van der Waals surface area contributed by atoms with Crippen LogP contribution in [-0.2, 0) is 16.0 Å². The van der Waals surface area contributed by atoms with Crippen LogP contribution in [0.3, 0.4) is 0 Å². The molecule has 2 rings (SSSR count). The number of amides is 2. The van der Waals surface area contributed by atoms with E-state index in [2.05, 4.69) is 17.6 Å². The van der Waals surface area contributed by atoms with Crippen LogP contribution in [0.2, 0.25) is 5.02 Å². The molecule has 0 saturated carbocycles. The lowest BCUT2D eigenvalue weighted by atomic mass is 10.1. The lowest BCUT2D eigenvalue weighted by molar-refractivity contribution is -0.115. The van der Waals surface area contributed by atoms with Crippen LogP contribution in [0.15, 0.2) is 42.5 Å². The number of anilines is 2. The van der Waals surface area contributed by atoms with Gasteiger partial charge in [-0.3, -0.25) is 9.59 Å². The summed E-state index contributed by atoms with van der Waals surface area (Å²) in [6.07, 6.45) is 0.961. The second-order valence-corrected chi connectivity index (χ2v) is 7.77. The van der Waals surface area contributed by atoms with Gasteiger partial charge in [-0.15, -0.1) is 11.8 Å². The summed E-state index contributed by atoms with van der Waals surface area (Å²) in [7, 11) is 0. The van der Waals surface area contributed by atoms with Gasteiger partial charge in [0.2, 0.25) is 11.8 Å². The van der Waals surface area contributed by atoms with Crippen molar-refractivity contribution in [3.8, 4) is 0 Å². The Morgan fingerprint density at radius 2 is 1.81 bits per heavy atom. The highest BCUT2D eigenvalue weighted by atomic mass is 35.5. The molecular weight excluding hydrogens is 368 g/mol. The van der Waals surface area contributed by atoms with Gasteiger partial charge >= 0.3 is 0 Å². The third-order valence-electron chi connectivity index (χ3n) is 3.93. The summed E-state index contributed by atoms with van der Waals surface area (Å²) in [4.78, 5) is 24.4. The lowest BCUT2D eigenvalue weighted by Gasteiger charge is -2.13. The molecule has 0 bridgehead atoms. The zero-order valence-electron chi connectivity index (χ0n) is 15.1. The van der Waals surface area contributed by atoms with Crippen molar-refractivity contribution in [3.63, 3.8) is 0 Å². The summed E-state index contributed by atoms with van der Waals surface area (Å²) in [6.45, 7) is 5.76. The van der Waals surface area contributed by atoms with Crippen LogP contribution in [0.1, 0.15) is 25.0 Å². The fraction of sp³-hybridized carbons (Fsp3) is 0.300. The van der Waals surface area contributed by atoms with Crippen LogP contribution in [-0.4, -0.2) is 22.8 Å². The lowest BCUT2D eigenvalue weighted by Crippen LogP contribution is -2.25. The van der Waals surface area contributed by atoms with Crippen molar-refractivity contribution in [1.29, 1.82) is 0 Å². The number of nitrogens with one attached hydrogen (secondary N) is 2. The zero-order chi connectivity index (χ0) is 19.1. The van der Waals surface area contributed by atoms with Gasteiger partial charge in [0.05, 0.1) is 11.0 Å². The van der Waals surface area contributed by atoms with Crippen LogP contribution < -0.4 is 10.6 Å². The van der Waals surface area contributed by atoms with Gasteiger partial charge in [0, 0.05) is 16.4 Å². The number of carbonyl (C=O) groups excluding carboxylic acids is 2. The highest BCUT2D eigenvalue weighted by molar-refractivity contribution is 8.01. The minimum Gasteiger partial charge on any atom is -0.325 e. The first kappa shape index (κ1) is 20.3. The number of carbonyl (C=O) groups is 2. The molecule has 26 heavy (non-hydrogen) atoms. The van der Waals surface area contributed by atoms with E-state index in [4.69, 9.17) is 11.6 Å². The Balaban J connectivity index is 1.81. The fourth-order valence-electron chi connectivity index (χ4n) is 2.30. The van der Waals surface area contributed by atoms with Crippen LogP contribution in [0, 0.1) is 6.92 Å². The molecule has 0 spiro atoms. The van der Waals surface area contributed by atoms with Gasteiger partial charge in [0.1, 0.15) is 0 Å². The molecule has 138 valence electrons. The number of thioether (sulfide) groups is 1. The second-order valence-electron chi connectivity index (χ2n) is 6.00. The van der Waals surface area contributed by atoms with Gasteiger partial charge in [-0.05, 0) is 61.7 Å². The molecule has 4 nitrogen and oxygen atoms in total. The van der Waals surface area contributed by atoms with Crippen molar-refractivity contribution in [3.05, 3.63) is 58.6 Å². The van der Waals surface area contributed by atoms with Gasteiger partial charge < -0.3 is 10.6 Å². The van der Waals surface area contributed by atoms with Gasteiger partial charge in [0.15, 0.2) is 0 Å². The molecule has 1 unspecified atom stereocenters. The summed E-state index contributed by atoms with van der Waals surface area (Å²) in [5.74, 6) is -0.0621. The number of benzene rings is 2. The minimum atomic E-state index is -0.335. The molecule has 1 atom stereocenters. The van der Waals surface area contributed by atoms with Crippen molar-refractivity contribution < 1.29 is 9.59 Å². The van der Waals surface area contributed by atoms with E-state index in [-0.39, 0.29) is 22.8 Å². The quantitative estimate of drug-likeness (QED) is 0.706. The average Bonchev–Trinajstić information content (AvgIpc) is 2.62. The van der Waals surface area contributed by atoms with E-state index in [1.165, 1.54) is 17.3 Å². The van der Waals surface area contributed by atoms with Crippen molar-refractivity contribution in [2.45, 2.75) is 32.4 Å². The first-order chi connectivity index (χ1) is 12.4. The number of halogens is 1. The third-order valence-corrected chi connectivity index (χ3v) is 5.30. The Labute approximate surface area is 163 Å². The maximum atomic E-state index is 12.3. The normalized spacial score (nSPS) is 11.7. The zero-order valence-corrected chi connectivity index (χ0v) is 16.7. The second kappa shape index (κ2) is 9.64. The minimum absolute atomic E-state index is 0.116. The number of hydrogen-bond acceptors (Lipinski definition) is 3. The number of aryl methyl sites for hydroxylation is 2. The predicted octanol–water partition coefficient (Wildman–Crippen LogP) is 4.91. The van der Waals surface area contributed by atoms with E-state index in [9.17, 15) is 9.59 Å². The van der Waals surface area contributed by atoms with E-state index in [0.29, 0.717) is 5.02 Å². The standard InChI is InChI=1S/C20H23ClN2O2S/c1-4-15-5-8-17(9-6-15)22-20(25)14(3)26-12-19(24)23-18-10-7-16(21)11-13(18)2/h5-11,14H,4,12H2,1-3H3,(H,22,25)(H,23,24). The van der Waals surface area contributed by atoms with Crippen LogP contribution in [0.25, 0.3) is 0 Å². The maximum Gasteiger partial charge on any atom is 0.237 e. The molecule has 0 aromatic heterocycles. The molecule has 2 amide bonds. The predicted molar refractivity (Wildman–Crippen MR) is 111 cm³/mol. The number of hydrogen-bond donors (Lipinski definition) is 2. The molecular formula is C20H23ClN2O2S. The molecule has 0 radical (unpaired) electrons. The fourth-order valence-corrected chi connectivity index (χ4v) is 3.21. The van der Waals surface area contributed by atoms with E-state index >= 15 is 0 Å². The summed E-state index contributed by atoms with van der Waals surface area (Å²) < 4.78 is 0. The molecule has 0 aliphatic carbocycles. The molecule has 0 aliphatic heterocycles. The van der Waals surface area contributed by atoms with E-state index in [1.807, 2.05) is 31.2 Å². The van der Waals surface area contributed by atoms with Crippen molar-refractivity contribution in [1.82, 2.24) is 0 Å².